The second-order valence-electron chi connectivity index (χ2n) is 5.80. The van der Waals surface area contributed by atoms with E-state index in [0.29, 0.717) is 17.9 Å². The predicted octanol–water partition coefficient (Wildman–Crippen LogP) is 4.42. The summed E-state index contributed by atoms with van der Waals surface area (Å²) in [6, 6.07) is 11.2. The number of nitrogens with zero attached hydrogens (tertiary/aromatic N) is 1. The minimum Gasteiger partial charge on any atom is -0.488 e. The third-order valence-electron chi connectivity index (χ3n) is 4.00. The van der Waals surface area contributed by atoms with Gasteiger partial charge in [0.1, 0.15) is 18.1 Å². The van der Waals surface area contributed by atoms with Crippen LogP contribution in [0.2, 0.25) is 0 Å². The minimum atomic E-state index is -0.157. The van der Waals surface area contributed by atoms with Gasteiger partial charge in [0.15, 0.2) is 0 Å². The largest absolute Gasteiger partial charge is 0.488 e. The lowest BCUT2D eigenvalue weighted by atomic mass is 10.1. The van der Waals surface area contributed by atoms with Gasteiger partial charge in [0.2, 0.25) is 0 Å². The van der Waals surface area contributed by atoms with Gasteiger partial charge in [-0.2, -0.15) is 0 Å². The van der Waals surface area contributed by atoms with Crippen LogP contribution in [0.1, 0.15) is 45.2 Å². The molecular formula is C19H20N2O3S. The molecule has 2 aromatic heterocycles. The molecule has 0 aliphatic rings. The van der Waals surface area contributed by atoms with E-state index < -0.39 is 0 Å². The van der Waals surface area contributed by atoms with Gasteiger partial charge in [0.05, 0.1) is 22.9 Å². The maximum atomic E-state index is 12.6. The molecule has 3 aromatic rings. The first-order valence-electron chi connectivity index (χ1n) is 8.04. The molecule has 0 saturated heterocycles. The molecule has 1 amide bonds. The van der Waals surface area contributed by atoms with Gasteiger partial charge < -0.3 is 14.6 Å². The van der Waals surface area contributed by atoms with Gasteiger partial charge in [-0.25, -0.2) is 0 Å². The molecular weight excluding hydrogens is 336 g/mol. The molecule has 3 rings (SSSR count). The van der Waals surface area contributed by atoms with E-state index in [2.05, 4.69) is 10.5 Å². The van der Waals surface area contributed by atoms with E-state index in [1.165, 1.54) is 0 Å². The van der Waals surface area contributed by atoms with Crippen molar-refractivity contribution in [2.75, 3.05) is 0 Å². The Morgan fingerprint density at radius 2 is 2.08 bits per heavy atom. The molecule has 0 aliphatic carbocycles. The van der Waals surface area contributed by atoms with Gasteiger partial charge in [0.25, 0.3) is 5.91 Å². The third-order valence-corrected chi connectivity index (χ3v) is 5.06. The molecule has 2 heterocycles. The summed E-state index contributed by atoms with van der Waals surface area (Å²) in [6.45, 7) is 6.00. The monoisotopic (exact) mass is 356 g/mol. The first-order chi connectivity index (χ1) is 12.1. The highest BCUT2D eigenvalue weighted by Crippen LogP contribution is 2.23. The summed E-state index contributed by atoms with van der Waals surface area (Å²) in [7, 11) is 0. The molecule has 25 heavy (non-hydrogen) atoms. The molecule has 5 nitrogen and oxygen atoms in total. The number of para-hydroxylation sites is 1. The number of amides is 1. The highest BCUT2D eigenvalue weighted by Gasteiger charge is 2.17. The fourth-order valence-electron chi connectivity index (χ4n) is 2.52. The fourth-order valence-corrected chi connectivity index (χ4v) is 3.26. The molecule has 0 aliphatic heterocycles. The number of carbonyl (C=O) groups excluding carboxylic acids is 1. The Bertz CT molecular complexity index is 836. The number of rotatable bonds is 6. The lowest BCUT2D eigenvalue weighted by Crippen LogP contribution is -2.26. The Balaban J connectivity index is 1.73. The van der Waals surface area contributed by atoms with Gasteiger partial charge in [-0.3, -0.25) is 4.79 Å². The van der Waals surface area contributed by atoms with E-state index in [1.807, 2.05) is 50.4 Å². The normalized spacial score (nSPS) is 12.0. The molecule has 0 fully saturated rings. The summed E-state index contributed by atoms with van der Waals surface area (Å²) in [5, 5.41) is 8.93. The Morgan fingerprint density at radius 3 is 2.76 bits per heavy atom. The first kappa shape index (κ1) is 17.2. The molecule has 1 aromatic carbocycles. The molecule has 130 valence electrons. The van der Waals surface area contributed by atoms with Gasteiger partial charge >= 0.3 is 0 Å². The number of nitrogens with one attached hydrogen (secondary N) is 1. The lowest BCUT2D eigenvalue weighted by molar-refractivity contribution is 0.0936. The molecule has 0 unspecified atom stereocenters. The number of aryl methyl sites for hydroxylation is 2. The molecule has 0 radical (unpaired) electrons. The van der Waals surface area contributed by atoms with Crippen LogP contribution in [-0.2, 0) is 6.61 Å². The molecule has 1 atom stereocenters. The average Bonchev–Trinajstić information content (AvgIpc) is 3.24. The Morgan fingerprint density at radius 1 is 1.28 bits per heavy atom. The highest BCUT2D eigenvalue weighted by atomic mass is 32.1. The summed E-state index contributed by atoms with van der Waals surface area (Å²) >= 11 is 1.62. The van der Waals surface area contributed by atoms with Gasteiger partial charge in [-0.1, -0.05) is 23.4 Å². The molecule has 0 saturated carbocycles. The van der Waals surface area contributed by atoms with E-state index in [0.717, 1.165) is 21.9 Å². The van der Waals surface area contributed by atoms with Crippen LogP contribution in [0.25, 0.3) is 0 Å². The van der Waals surface area contributed by atoms with Crippen molar-refractivity contribution >= 4 is 17.2 Å². The Labute approximate surface area is 150 Å². The minimum absolute atomic E-state index is 0.0527. The van der Waals surface area contributed by atoms with E-state index in [-0.39, 0.29) is 11.9 Å². The smallest absolute Gasteiger partial charge is 0.255 e. The second-order valence-corrected chi connectivity index (χ2v) is 6.78. The van der Waals surface area contributed by atoms with Crippen LogP contribution in [0.4, 0.5) is 0 Å². The highest BCUT2D eigenvalue weighted by molar-refractivity contribution is 7.10. The van der Waals surface area contributed by atoms with E-state index >= 15 is 0 Å². The number of benzene rings is 1. The Hall–Kier alpha value is -2.60. The van der Waals surface area contributed by atoms with Crippen molar-refractivity contribution in [2.24, 2.45) is 0 Å². The van der Waals surface area contributed by atoms with Crippen molar-refractivity contribution in [1.29, 1.82) is 0 Å². The SMILES string of the molecule is Cc1noc(C)c1COc1ccccc1C(=O)N[C@H](C)c1cccs1. The number of ether oxygens (including phenoxy) is 1. The van der Waals surface area contributed by atoms with E-state index in [1.54, 1.807) is 23.5 Å². The van der Waals surface area contributed by atoms with Gasteiger partial charge in [-0.15, -0.1) is 11.3 Å². The third kappa shape index (κ3) is 3.91. The van der Waals surface area contributed by atoms with E-state index in [4.69, 9.17) is 9.26 Å². The van der Waals surface area contributed by atoms with Crippen LogP contribution in [-0.4, -0.2) is 11.1 Å². The van der Waals surface area contributed by atoms with Crippen molar-refractivity contribution in [2.45, 2.75) is 33.4 Å². The van der Waals surface area contributed by atoms with Crippen LogP contribution < -0.4 is 10.1 Å². The predicted molar refractivity (Wildman–Crippen MR) is 97.0 cm³/mol. The van der Waals surface area contributed by atoms with Crippen LogP contribution in [0, 0.1) is 13.8 Å². The summed E-state index contributed by atoms with van der Waals surface area (Å²) < 4.78 is 11.0. The van der Waals surface area contributed by atoms with Crippen LogP contribution in [0.3, 0.4) is 0 Å². The average molecular weight is 356 g/mol. The zero-order valence-corrected chi connectivity index (χ0v) is 15.2. The molecule has 0 spiro atoms. The maximum absolute atomic E-state index is 12.6. The number of hydrogen-bond acceptors (Lipinski definition) is 5. The van der Waals surface area contributed by atoms with Crippen molar-refractivity contribution in [3.8, 4) is 5.75 Å². The van der Waals surface area contributed by atoms with Crippen molar-refractivity contribution < 1.29 is 14.1 Å². The number of carbonyl (C=O) groups is 1. The zero-order valence-electron chi connectivity index (χ0n) is 14.4. The number of thiophene rings is 1. The summed E-state index contributed by atoms with van der Waals surface area (Å²) in [6.07, 6.45) is 0. The maximum Gasteiger partial charge on any atom is 0.255 e. The summed E-state index contributed by atoms with van der Waals surface area (Å²) in [5.41, 5.74) is 2.21. The number of hydrogen-bond donors (Lipinski definition) is 1. The summed E-state index contributed by atoms with van der Waals surface area (Å²) in [4.78, 5) is 13.8. The fraction of sp³-hybridized carbons (Fsp3) is 0.263. The zero-order chi connectivity index (χ0) is 17.8. The topological polar surface area (TPSA) is 64.4 Å². The van der Waals surface area contributed by atoms with Crippen LogP contribution in [0.15, 0.2) is 46.3 Å². The van der Waals surface area contributed by atoms with Crippen molar-refractivity contribution in [1.82, 2.24) is 10.5 Å². The van der Waals surface area contributed by atoms with Gasteiger partial charge in [-0.05, 0) is 44.4 Å². The lowest BCUT2D eigenvalue weighted by Gasteiger charge is -2.15. The van der Waals surface area contributed by atoms with Gasteiger partial charge in [0, 0.05) is 4.88 Å². The standard InChI is InChI=1S/C19H20N2O3S/c1-12-16(14(3)24-21-12)11-23-17-8-5-4-7-15(17)19(22)20-13(2)18-9-6-10-25-18/h4-10,13H,11H2,1-3H3,(H,20,22)/t13-/m1/s1. The second kappa shape index (κ2) is 7.53. The molecule has 6 heteroatoms. The number of aromatic nitrogens is 1. The Kier molecular flexibility index (Phi) is 5.19. The van der Waals surface area contributed by atoms with Crippen molar-refractivity contribution in [3.63, 3.8) is 0 Å². The molecule has 0 bridgehead atoms. The van der Waals surface area contributed by atoms with E-state index in [9.17, 15) is 4.79 Å². The van der Waals surface area contributed by atoms with Crippen molar-refractivity contribution in [3.05, 3.63) is 69.2 Å². The van der Waals surface area contributed by atoms with Crippen LogP contribution in [0.5, 0.6) is 5.75 Å². The first-order valence-corrected chi connectivity index (χ1v) is 8.92. The molecule has 1 N–H and O–H groups in total. The summed E-state index contributed by atoms with van der Waals surface area (Å²) in [5.74, 6) is 1.11. The van der Waals surface area contributed by atoms with Crippen LogP contribution >= 0.6 is 11.3 Å². The quantitative estimate of drug-likeness (QED) is 0.710.